The molecule has 1 N–H and O–H groups in total. The van der Waals surface area contributed by atoms with Crippen molar-refractivity contribution in [1.29, 1.82) is 0 Å². The van der Waals surface area contributed by atoms with E-state index in [1.165, 1.54) is 0 Å². The molecular weight excluding hydrogens is 254 g/mol. The van der Waals surface area contributed by atoms with Crippen LogP contribution in [0.5, 0.6) is 5.75 Å². The molecule has 0 atom stereocenters. The van der Waals surface area contributed by atoms with Crippen LogP contribution >= 0.6 is 0 Å². The highest BCUT2D eigenvalue weighted by Crippen LogP contribution is 2.34. The smallest absolute Gasteiger partial charge is 0.268 e. The van der Waals surface area contributed by atoms with E-state index in [9.17, 15) is 14.7 Å². The second-order valence-corrected chi connectivity index (χ2v) is 4.64. The maximum atomic E-state index is 11.4. The molecule has 0 amide bonds. The van der Waals surface area contributed by atoms with Crippen molar-refractivity contribution in [3.8, 4) is 5.75 Å². The van der Waals surface area contributed by atoms with Crippen LogP contribution < -0.4 is 15.8 Å². The zero-order valence-corrected chi connectivity index (χ0v) is 11.0. The number of rotatable bonds is 2. The molecule has 0 bridgehead atoms. The molecule has 100 valence electrons. The van der Waals surface area contributed by atoms with Crippen molar-refractivity contribution in [2.24, 2.45) is 0 Å². The van der Waals surface area contributed by atoms with Crippen molar-refractivity contribution in [3.63, 3.8) is 0 Å². The normalized spacial score (nSPS) is 15.8. The van der Waals surface area contributed by atoms with Crippen LogP contribution in [-0.2, 0) is 0 Å². The molecule has 4 nitrogen and oxygen atoms in total. The topological polar surface area (TPSA) is 57.6 Å². The Bertz CT molecular complexity index is 807. The first-order valence-electron chi connectivity index (χ1n) is 6.41. The van der Waals surface area contributed by atoms with Crippen molar-refractivity contribution in [2.45, 2.75) is 6.92 Å². The molecule has 2 aromatic carbocycles. The molecular formula is C16H13NO3. The summed E-state index contributed by atoms with van der Waals surface area (Å²) in [4.78, 5) is 24.6. The van der Waals surface area contributed by atoms with Crippen molar-refractivity contribution in [2.75, 3.05) is 11.4 Å². The number of aromatic hydroxyl groups is 1. The fraction of sp³-hybridized carbons (Fsp3) is 0.125. The van der Waals surface area contributed by atoms with E-state index in [-0.39, 0.29) is 5.56 Å². The monoisotopic (exact) mass is 267 g/mol. The molecule has 0 spiro atoms. The molecule has 2 aromatic rings. The number of nitrogens with zero attached hydrogens (tertiary/aromatic N) is 1. The van der Waals surface area contributed by atoms with Crippen LogP contribution in [0.2, 0.25) is 0 Å². The Balaban J connectivity index is 2.13. The Morgan fingerprint density at radius 2 is 1.95 bits per heavy atom. The first-order valence-corrected chi connectivity index (χ1v) is 6.41. The first-order chi connectivity index (χ1) is 9.63. The number of hydrogen-bond acceptors (Lipinski definition) is 4. The molecule has 0 fully saturated rings. The number of benzene rings is 1. The third-order valence-corrected chi connectivity index (χ3v) is 3.52. The van der Waals surface area contributed by atoms with Gasteiger partial charge in [0.1, 0.15) is 0 Å². The Hall–Kier alpha value is -2.62. The van der Waals surface area contributed by atoms with E-state index < -0.39 is 16.6 Å². The standard InChI is InChI=1S/C16H13NO3/c1-2-17-8-7-10(11-5-3-4-6-13(11)17)9-12-14(18)16(20)15(12)19/h3-9,18H,2H2,1H3/b10-9+. The average Bonchev–Trinajstić information content (AvgIpc) is 2.51. The molecule has 0 radical (unpaired) electrons. The molecule has 1 aliphatic rings. The van der Waals surface area contributed by atoms with Crippen molar-refractivity contribution < 1.29 is 5.11 Å². The summed E-state index contributed by atoms with van der Waals surface area (Å²) in [6.07, 6.45) is 5.38. The molecule has 1 heterocycles. The fourth-order valence-corrected chi connectivity index (χ4v) is 2.40. The minimum Gasteiger partial charge on any atom is -0.504 e. The third kappa shape index (κ3) is 1.69. The number of anilines is 1. The maximum Gasteiger partial charge on any atom is 0.268 e. The molecule has 4 heteroatoms. The summed E-state index contributed by atoms with van der Waals surface area (Å²) in [5.41, 5.74) is 1.49. The lowest BCUT2D eigenvalue weighted by Gasteiger charge is -2.26. The summed E-state index contributed by atoms with van der Waals surface area (Å²) in [6, 6.07) is 7.82. The molecule has 3 rings (SSSR count). The Morgan fingerprint density at radius 3 is 2.65 bits per heavy atom. The van der Waals surface area contributed by atoms with E-state index in [0.717, 1.165) is 23.4 Å². The lowest BCUT2D eigenvalue weighted by molar-refractivity contribution is 0.461. The molecule has 1 aliphatic heterocycles. The van der Waals surface area contributed by atoms with Gasteiger partial charge in [0.05, 0.1) is 5.56 Å². The maximum absolute atomic E-state index is 11.4. The van der Waals surface area contributed by atoms with E-state index in [4.69, 9.17) is 0 Å². The predicted octanol–water partition coefficient (Wildman–Crippen LogP) is 1.88. The number of hydrogen-bond donors (Lipinski definition) is 1. The summed E-state index contributed by atoms with van der Waals surface area (Å²) >= 11 is 0. The lowest BCUT2D eigenvalue weighted by Crippen LogP contribution is -2.32. The van der Waals surface area contributed by atoms with Gasteiger partial charge < -0.3 is 10.0 Å². The van der Waals surface area contributed by atoms with Crippen molar-refractivity contribution >= 4 is 17.3 Å². The number of para-hydroxylation sites is 1. The Morgan fingerprint density at radius 1 is 1.20 bits per heavy atom. The van der Waals surface area contributed by atoms with Gasteiger partial charge in [-0.15, -0.1) is 0 Å². The summed E-state index contributed by atoms with van der Waals surface area (Å²) in [5.74, 6) is -0.439. The summed E-state index contributed by atoms with van der Waals surface area (Å²) in [5, 5.41) is 9.45. The molecule has 0 aromatic heterocycles. The van der Waals surface area contributed by atoms with Gasteiger partial charge in [-0.2, -0.15) is 0 Å². The molecule has 0 unspecified atom stereocenters. The van der Waals surface area contributed by atoms with Crippen LogP contribution in [0, 0.1) is 0 Å². The molecule has 0 saturated carbocycles. The highest BCUT2D eigenvalue weighted by atomic mass is 16.3. The van der Waals surface area contributed by atoms with Crippen LogP contribution in [0.3, 0.4) is 0 Å². The van der Waals surface area contributed by atoms with E-state index in [2.05, 4.69) is 11.8 Å². The lowest BCUT2D eigenvalue weighted by atomic mass is 9.96. The van der Waals surface area contributed by atoms with Gasteiger partial charge in [-0.3, -0.25) is 9.59 Å². The number of allylic oxidation sites excluding steroid dienone is 2. The van der Waals surface area contributed by atoms with Gasteiger partial charge in [0.2, 0.25) is 5.43 Å². The first kappa shape index (κ1) is 12.4. The minimum atomic E-state index is -0.805. The van der Waals surface area contributed by atoms with Crippen LogP contribution in [0.4, 0.5) is 5.69 Å². The van der Waals surface area contributed by atoms with Crippen LogP contribution in [-0.4, -0.2) is 11.7 Å². The van der Waals surface area contributed by atoms with Crippen molar-refractivity contribution in [1.82, 2.24) is 0 Å². The van der Waals surface area contributed by atoms with Gasteiger partial charge in [-0.25, -0.2) is 0 Å². The van der Waals surface area contributed by atoms with Crippen LogP contribution in [0.15, 0.2) is 46.1 Å². The number of fused-ring (bicyclic) bond motifs is 1. The molecule has 20 heavy (non-hydrogen) atoms. The zero-order valence-electron chi connectivity index (χ0n) is 11.0. The SMILES string of the molecule is CCN1C=C/C(=C\c2c(O)c(=O)c2=O)c2ccccc21. The Labute approximate surface area is 115 Å². The highest BCUT2D eigenvalue weighted by molar-refractivity contribution is 5.95. The quantitative estimate of drug-likeness (QED) is 0.844. The van der Waals surface area contributed by atoms with Crippen LogP contribution in [0.25, 0.3) is 11.6 Å². The van der Waals surface area contributed by atoms with Crippen LogP contribution in [0.1, 0.15) is 18.1 Å². The van der Waals surface area contributed by atoms with Gasteiger partial charge in [-0.1, -0.05) is 18.2 Å². The third-order valence-electron chi connectivity index (χ3n) is 3.52. The summed E-state index contributed by atoms with van der Waals surface area (Å²) < 4.78 is 0. The highest BCUT2D eigenvalue weighted by Gasteiger charge is 2.20. The van der Waals surface area contributed by atoms with Gasteiger partial charge in [0.15, 0.2) is 5.75 Å². The predicted molar refractivity (Wildman–Crippen MR) is 79.5 cm³/mol. The summed E-state index contributed by atoms with van der Waals surface area (Å²) in [6.45, 7) is 2.89. The Kier molecular flexibility index (Phi) is 2.79. The van der Waals surface area contributed by atoms with Gasteiger partial charge >= 0.3 is 0 Å². The van der Waals surface area contributed by atoms with Gasteiger partial charge in [-0.05, 0) is 30.7 Å². The second kappa shape index (κ2) is 4.49. The largest absolute Gasteiger partial charge is 0.504 e. The van der Waals surface area contributed by atoms with E-state index >= 15 is 0 Å². The van der Waals surface area contributed by atoms with E-state index in [1.807, 2.05) is 36.5 Å². The van der Waals surface area contributed by atoms with Gasteiger partial charge in [0, 0.05) is 24.0 Å². The molecule has 0 saturated heterocycles. The zero-order chi connectivity index (χ0) is 14.3. The minimum absolute atomic E-state index is 0.0920. The summed E-state index contributed by atoms with van der Waals surface area (Å²) in [7, 11) is 0. The van der Waals surface area contributed by atoms with Crippen molar-refractivity contribution in [3.05, 3.63) is 68.1 Å². The average molecular weight is 267 g/mol. The fourth-order valence-electron chi connectivity index (χ4n) is 2.40. The second-order valence-electron chi connectivity index (χ2n) is 4.64. The van der Waals surface area contributed by atoms with E-state index in [1.54, 1.807) is 6.08 Å². The van der Waals surface area contributed by atoms with Gasteiger partial charge in [0.25, 0.3) is 5.43 Å². The van der Waals surface area contributed by atoms with E-state index in [0.29, 0.717) is 0 Å². The molecule has 0 aliphatic carbocycles.